The van der Waals surface area contributed by atoms with Crippen molar-refractivity contribution in [1.82, 2.24) is 14.9 Å². The third kappa shape index (κ3) is 4.06. The van der Waals surface area contributed by atoms with E-state index in [4.69, 9.17) is 10.1 Å². The smallest absolute Gasteiger partial charge is 0.238 e. The molecule has 28 heavy (non-hydrogen) atoms. The van der Waals surface area contributed by atoms with Gasteiger partial charge < -0.3 is 10.2 Å². The third-order valence-electron chi connectivity index (χ3n) is 4.12. The Kier molecular flexibility index (Phi) is 5.15. The molecule has 0 unspecified atom stereocenters. The molecule has 10 heteroatoms. The quantitative estimate of drug-likeness (QED) is 0.637. The summed E-state index contributed by atoms with van der Waals surface area (Å²) in [5.74, 6) is 1.34. The van der Waals surface area contributed by atoms with Gasteiger partial charge in [-0.3, -0.25) is 0 Å². The lowest BCUT2D eigenvalue weighted by Crippen LogP contribution is -2.12. The Morgan fingerprint density at radius 2 is 2.11 bits per heavy atom. The van der Waals surface area contributed by atoms with Gasteiger partial charge in [-0.2, -0.15) is 0 Å². The summed E-state index contributed by atoms with van der Waals surface area (Å²) in [6.45, 7) is 0.897. The van der Waals surface area contributed by atoms with Crippen LogP contribution in [0.2, 0.25) is 0 Å². The minimum Gasteiger partial charge on any atom is -0.324 e. The Morgan fingerprint density at radius 1 is 1.29 bits per heavy atom. The molecule has 0 radical (unpaired) electrons. The number of hydrogen-bond donors (Lipinski definition) is 2. The second-order valence-corrected chi connectivity index (χ2v) is 10.5. The molecule has 0 bridgehead atoms. The molecule has 0 saturated heterocycles. The van der Waals surface area contributed by atoms with Crippen LogP contribution in [0.15, 0.2) is 46.3 Å². The van der Waals surface area contributed by atoms with Gasteiger partial charge in [0.25, 0.3) is 0 Å². The number of primary sulfonamides is 1. The van der Waals surface area contributed by atoms with Crippen LogP contribution < -0.4 is 10.5 Å². The summed E-state index contributed by atoms with van der Waals surface area (Å²) in [7, 11) is 0.348. The Hall–Kier alpha value is -1.98. The summed E-state index contributed by atoms with van der Waals surface area (Å²) in [4.78, 5) is 14.9. The van der Waals surface area contributed by atoms with Crippen LogP contribution in [0.25, 0.3) is 11.3 Å². The molecule has 0 fully saturated rings. The fraction of sp³-hybridized carbons (Fsp3) is 0.222. The maximum absolute atomic E-state index is 11.6. The topological polar surface area (TPSA) is 101 Å². The molecule has 0 spiro atoms. The molecule has 0 atom stereocenters. The highest BCUT2D eigenvalue weighted by molar-refractivity contribution is 7.98. The molecule has 3 aromatic rings. The summed E-state index contributed by atoms with van der Waals surface area (Å²) in [5, 5.41) is 8.29. The van der Waals surface area contributed by atoms with Gasteiger partial charge in [0, 0.05) is 39.5 Å². The molecular formula is C18H19N5O2S3. The summed E-state index contributed by atoms with van der Waals surface area (Å²) in [6, 6.07) is 8.50. The molecule has 3 N–H and O–H groups in total. The van der Waals surface area contributed by atoms with Crippen molar-refractivity contribution in [2.45, 2.75) is 22.1 Å². The highest BCUT2D eigenvalue weighted by atomic mass is 32.2. The Balaban J connectivity index is 1.66. The van der Waals surface area contributed by atoms with Gasteiger partial charge in [0.1, 0.15) is 0 Å². The van der Waals surface area contributed by atoms with Crippen molar-refractivity contribution < 1.29 is 8.42 Å². The van der Waals surface area contributed by atoms with E-state index in [1.807, 2.05) is 17.5 Å². The molecular weight excluding hydrogens is 414 g/mol. The Bertz CT molecular complexity index is 1140. The van der Waals surface area contributed by atoms with Crippen LogP contribution in [-0.2, 0) is 22.3 Å². The zero-order valence-corrected chi connectivity index (χ0v) is 17.8. The number of fused-ring (bicyclic) bond motifs is 3. The van der Waals surface area contributed by atoms with Crippen molar-refractivity contribution in [2.24, 2.45) is 5.14 Å². The number of sulfonamides is 1. The van der Waals surface area contributed by atoms with E-state index in [2.05, 4.69) is 35.4 Å². The normalized spacial score (nSPS) is 13.3. The van der Waals surface area contributed by atoms with Crippen molar-refractivity contribution in [2.75, 3.05) is 19.4 Å². The lowest BCUT2D eigenvalue weighted by Gasteiger charge is -2.15. The van der Waals surface area contributed by atoms with E-state index in [0.717, 1.165) is 28.5 Å². The molecule has 1 aromatic carbocycles. The molecule has 1 aliphatic heterocycles. The summed E-state index contributed by atoms with van der Waals surface area (Å²) in [6.07, 6.45) is 1.81. The number of rotatable bonds is 5. The van der Waals surface area contributed by atoms with Crippen LogP contribution in [0.3, 0.4) is 0 Å². The lowest BCUT2D eigenvalue weighted by atomic mass is 10.1. The average Bonchev–Trinajstić information content (AvgIpc) is 3.03. The number of aromatic nitrogens is 2. The highest BCUT2D eigenvalue weighted by Gasteiger charge is 2.22. The molecule has 146 valence electrons. The number of nitrogens with zero attached hydrogens (tertiary/aromatic N) is 3. The Morgan fingerprint density at radius 3 is 2.86 bits per heavy atom. The largest absolute Gasteiger partial charge is 0.324 e. The van der Waals surface area contributed by atoms with Gasteiger partial charge in [0.15, 0.2) is 0 Å². The number of hydrogen-bond acceptors (Lipinski definition) is 8. The van der Waals surface area contributed by atoms with E-state index in [1.165, 1.54) is 21.9 Å². The zero-order valence-electron chi connectivity index (χ0n) is 15.3. The third-order valence-corrected chi connectivity index (χ3v) is 7.38. The maximum Gasteiger partial charge on any atom is 0.238 e. The second kappa shape index (κ2) is 7.45. The first-order chi connectivity index (χ1) is 13.3. The molecule has 0 aliphatic carbocycles. The number of thiophene rings is 1. The predicted octanol–water partition coefficient (Wildman–Crippen LogP) is 3.26. The van der Waals surface area contributed by atoms with Crippen molar-refractivity contribution in [3.8, 4) is 11.3 Å². The van der Waals surface area contributed by atoms with Gasteiger partial charge in [0.2, 0.25) is 16.0 Å². The minimum absolute atomic E-state index is 0.0412. The molecule has 1 aliphatic rings. The van der Waals surface area contributed by atoms with E-state index in [1.54, 1.807) is 23.9 Å². The van der Waals surface area contributed by atoms with Crippen LogP contribution in [0, 0.1) is 0 Å². The van der Waals surface area contributed by atoms with Gasteiger partial charge in [-0.1, -0.05) is 6.07 Å². The number of anilines is 2. The first-order valence-corrected chi connectivity index (χ1v) is 11.8. The van der Waals surface area contributed by atoms with Gasteiger partial charge in [-0.25, -0.2) is 23.5 Å². The summed E-state index contributed by atoms with van der Waals surface area (Å²) in [5.41, 5.74) is 2.63. The monoisotopic (exact) mass is 433 g/mol. The Labute approximate surface area is 172 Å². The van der Waals surface area contributed by atoms with Gasteiger partial charge in [0.05, 0.1) is 15.5 Å². The number of nitrogens with one attached hydrogen (secondary N) is 1. The SMILES string of the molecule is CN(C)Cc1cc2c(s1)CSc1cnc(Nc3cccc(S(N)(=O)=O)c3)nc1-2. The average molecular weight is 434 g/mol. The van der Waals surface area contributed by atoms with Gasteiger partial charge in [-0.15, -0.1) is 23.1 Å². The summed E-state index contributed by atoms with van der Waals surface area (Å²) >= 11 is 3.55. The van der Waals surface area contributed by atoms with E-state index in [-0.39, 0.29) is 4.90 Å². The van der Waals surface area contributed by atoms with Crippen molar-refractivity contribution in [3.05, 3.63) is 46.3 Å². The molecule has 0 saturated carbocycles. The predicted molar refractivity (Wildman–Crippen MR) is 113 cm³/mol. The zero-order chi connectivity index (χ0) is 19.9. The van der Waals surface area contributed by atoms with E-state index in [0.29, 0.717) is 11.6 Å². The fourth-order valence-electron chi connectivity index (χ4n) is 2.93. The molecule has 2 aromatic heterocycles. The van der Waals surface area contributed by atoms with Crippen LogP contribution in [0.4, 0.5) is 11.6 Å². The van der Waals surface area contributed by atoms with Crippen molar-refractivity contribution in [1.29, 1.82) is 0 Å². The van der Waals surface area contributed by atoms with Crippen LogP contribution in [0.1, 0.15) is 9.75 Å². The van der Waals surface area contributed by atoms with Crippen LogP contribution in [-0.4, -0.2) is 37.4 Å². The number of nitrogens with two attached hydrogens (primary N) is 1. The maximum atomic E-state index is 11.6. The van der Waals surface area contributed by atoms with Crippen LogP contribution >= 0.6 is 23.1 Å². The molecule has 7 nitrogen and oxygen atoms in total. The minimum atomic E-state index is -3.77. The van der Waals surface area contributed by atoms with Crippen molar-refractivity contribution >= 4 is 44.8 Å². The van der Waals surface area contributed by atoms with E-state index < -0.39 is 10.0 Å². The lowest BCUT2D eigenvalue weighted by molar-refractivity contribution is 0.406. The van der Waals surface area contributed by atoms with E-state index in [9.17, 15) is 8.42 Å². The number of thioether (sulfide) groups is 1. The summed E-state index contributed by atoms with van der Waals surface area (Å²) < 4.78 is 23.1. The first-order valence-electron chi connectivity index (χ1n) is 8.46. The molecule has 0 amide bonds. The van der Waals surface area contributed by atoms with Crippen LogP contribution in [0.5, 0.6) is 0 Å². The van der Waals surface area contributed by atoms with E-state index >= 15 is 0 Å². The van der Waals surface area contributed by atoms with Gasteiger partial charge >= 0.3 is 0 Å². The number of benzene rings is 1. The highest BCUT2D eigenvalue weighted by Crippen LogP contribution is 2.44. The molecule has 4 rings (SSSR count). The van der Waals surface area contributed by atoms with Crippen molar-refractivity contribution in [3.63, 3.8) is 0 Å². The standard InChI is InChI=1S/C18H19N5O2S3/c1-23(2)9-12-7-14-16(27-12)10-26-15-8-20-18(22-17(14)15)21-11-4-3-5-13(6-11)28(19,24)25/h3-8H,9-10H2,1-2H3,(H2,19,24,25)(H,20,21,22). The molecule has 3 heterocycles. The second-order valence-electron chi connectivity index (χ2n) is 6.68. The van der Waals surface area contributed by atoms with Gasteiger partial charge in [-0.05, 0) is 38.4 Å². The first kappa shape index (κ1) is 19.3. The fourth-order valence-corrected chi connectivity index (χ4v) is 5.85.